The molecule has 27 heavy (non-hydrogen) atoms. The Hall–Kier alpha value is -2.93. The van der Waals surface area contributed by atoms with E-state index in [0.717, 1.165) is 5.56 Å². The first kappa shape index (κ1) is 18.8. The summed E-state index contributed by atoms with van der Waals surface area (Å²) in [5, 5.41) is 11.9. The van der Waals surface area contributed by atoms with Crippen molar-refractivity contribution in [2.24, 2.45) is 0 Å². The quantitative estimate of drug-likeness (QED) is 0.596. The molecule has 0 bridgehead atoms. The molecule has 0 aliphatic heterocycles. The normalized spacial score (nSPS) is 11.8. The lowest BCUT2D eigenvalue weighted by molar-refractivity contribution is -0.134. The Kier molecular flexibility index (Phi) is 6.38. The summed E-state index contributed by atoms with van der Waals surface area (Å²) in [6.45, 7) is 0.812. The monoisotopic (exact) mass is 385 g/mol. The van der Waals surface area contributed by atoms with Crippen LogP contribution in [0, 0.1) is 0 Å². The maximum atomic E-state index is 13.0. The van der Waals surface area contributed by atoms with Gasteiger partial charge < -0.3 is 9.64 Å². The number of hydrogen-bond donors (Lipinski definition) is 0. The summed E-state index contributed by atoms with van der Waals surface area (Å²) in [5.74, 6) is 0.632. The van der Waals surface area contributed by atoms with Crippen molar-refractivity contribution in [1.29, 1.82) is 0 Å². The summed E-state index contributed by atoms with van der Waals surface area (Å²) in [5.41, 5.74) is 1.04. The first-order valence-corrected chi connectivity index (χ1v) is 8.91. The second-order valence-electron chi connectivity index (χ2n) is 6.06. The Morgan fingerprint density at radius 1 is 1.19 bits per heavy atom. The number of carbonyl (C=O) groups excluding carboxylic acids is 1. The Labute approximate surface area is 162 Å². The number of carbonyl (C=O) groups is 1. The van der Waals surface area contributed by atoms with Gasteiger partial charge in [0, 0.05) is 18.5 Å². The zero-order chi connectivity index (χ0) is 19.1. The lowest BCUT2D eigenvalue weighted by atomic mass is 10.1. The van der Waals surface area contributed by atoms with E-state index in [1.807, 2.05) is 30.3 Å². The smallest absolute Gasteiger partial charge is 0.247 e. The van der Waals surface area contributed by atoms with Crippen molar-refractivity contribution in [3.8, 4) is 5.75 Å². The first-order chi connectivity index (χ1) is 13.1. The number of tetrazole rings is 1. The summed E-state index contributed by atoms with van der Waals surface area (Å²) in [6, 6.07) is 16.4. The molecule has 2 aromatic carbocycles. The van der Waals surface area contributed by atoms with Crippen LogP contribution in [-0.4, -0.2) is 51.2 Å². The van der Waals surface area contributed by atoms with E-state index < -0.39 is 6.04 Å². The molecule has 0 fully saturated rings. The van der Waals surface area contributed by atoms with Crippen molar-refractivity contribution < 1.29 is 9.53 Å². The fraction of sp³-hybridized carbons (Fsp3) is 0.263. The molecule has 1 aromatic heterocycles. The van der Waals surface area contributed by atoms with Gasteiger partial charge in [-0.2, -0.15) is 0 Å². The Morgan fingerprint density at radius 2 is 1.93 bits per heavy atom. The van der Waals surface area contributed by atoms with Gasteiger partial charge in [-0.25, -0.2) is 4.68 Å². The van der Waals surface area contributed by atoms with Crippen molar-refractivity contribution in [2.75, 3.05) is 20.2 Å². The third-order valence-corrected chi connectivity index (χ3v) is 4.38. The highest BCUT2D eigenvalue weighted by molar-refractivity contribution is 6.30. The Balaban J connectivity index is 1.61. The molecule has 1 heterocycles. The second kappa shape index (κ2) is 9.14. The van der Waals surface area contributed by atoms with Gasteiger partial charge in [0.05, 0.1) is 6.54 Å². The van der Waals surface area contributed by atoms with Crippen LogP contribution in [0.25, 0.3) is 0 Å². The van der Waals surface area contributed by atoms with E-state index in [4.69, 9.17) is 16.3 Å². The molecule has 1 amide bonds. The minimum absolute atomic E-state index is 0.0779. The predicted molar refractivity (Wildman–Crippen MR) is 102 cm³/mol. The van der Waals surface area contributed by atoms with E-state index in [2.05, 4.69) is 15.5 Å². The maximum absolute atomic E-state index is 13.0. The minimum Gasteiger partial charge on any atom is -0.492 e. The molecular formula is C19H20ClN5O2. The summed E-state index contributed by atoms with van der Waals surface area (Å²) < 4.78 is 7.16. The minimum atomic E-state index is -0.511. The molecule has 3 rings (SSSR count). The van der Waals surface area contributed by atoms with Gasteiger partial charge >= 0.3 is 0 Å². The standard InChI is InChI=1S/C19H20ClN5O2/c1-24(11-12-27-17-9-7-16(20)8-10-17)19(26)18(25-14-21-22-23-25)13-15-5-3-2-4-6-15/h2-10,14,18H,11-13H2,1H3/t18-/m1/s1. The fourth-order valence-electron chi connectivity index (χ4n) is 2.64. The van der Waals surface area contributed by atoms with Crippen molar-refractivity contribution in [1.82, 2.24) is 25.1 Å². The molecule has 8 heteroatoms. The van der Waals surface area contributed by atoms with Crippen LogP contribution in [0.5, 0.6) is 5.75 Å². The van der Waals surface area contributed by atoms with E-state index in [1.54, 1.807) is 36.2 Å². The average molecular weight is 386 g/mol. The summed E-state index contributed by atoms with van der Waals surface area (Å²) in [6.07, 6.45) is 1.97. The van der Waals surface area contributed by atoms with E-state index in [-0.39, 0.29) is 5.91 Å². The summed E-state index contributed by atoms with van der Waals surface area (Å²) in [7, 11) is 1.75. The highest BCUT2D eigenvalue weighted by Crippen LogP contribution is 2.17. The molecule has 0 unspecified atom stereocenters. The van der Waals surface area contributed by atoms with E-state index in [1.165, 1.54) is 11.0 Å². The molecule has 3 aromatic rings. The number of hydrogen-bond acceptors (Lipinski definition) is 5. The molecule has 0 aliphatic carbocycles. The average Bonchev–Trinajstić information content (AvgIpc) is 3.22. The zero-order valence-electron chi connectivity index (χ0n) is 14.9. The predicted octanol–water partition coefficient (Wildman–Crippen LogP) is 2.65. The van der Waals surface area contributed by atoms with E-state index >= 15 is 0 Å². The van der Waals surface area contributed by atoms with Crippen molar-refractivity contribution >= 4 is 17.5 Å². The first-order valence-electron chi connectivity index (χ1n) is 8.53. The van der Waals surface area contributed by atoms with Gasteiger partial charge in [-0.3, -0.25) is 4.79 Å². The van der Waals surface area contributed by atoms with Gasteiger partial charge in [-0.05, 0) is 40.3 Å². The molecule has 0 saturated heterocycles. The number of amides is 1. The molecule has 0 radical (unpaired) electrons. The zero-order valence-corrected chi connectivity index (χ0v) is 15.7. The highest BCUT2D eigenvalue weighted by atomic mass is 35.5. The van der Waals surface area contributed by atoms with Crippen LogP contribution in [0.3, 0.4) is 0 Å². The molecular weight excluding hydrogens is 366 g/mol. The van der Waals surface area contributed by atoms with Crippen LogP contribution >= 0.6 is 11.6 Å². The van der Waals surface area contributed by atoms with Gasteiger partial charge in [0.2, 0.25) is 5.91 Å². The molecule has 0 aliphatic rings. The molecule has 0 saturated carbocycles. The van der Waals surface area contributed by atoms with Crippen molar-refractivity contribution in [3.63, 3.8) is 0 Å². The number of ether oxygens (including phenoxy) is 1. The molecule has 1 atom stereocenters. The van der Waals surface area contributed by atoms with Crippen LogP contribution < -0.4 is 4.74 Å². The maximum Gasteiger partial charge on any atom is 0.247 e. The summed E-state index contributed by atoms with van der Waals surface area (Å²) in [4.78, 5) is 14.6. The third-order valence-electron chi connectivity index (χ3n) is 4.13. The fourth-order valence-corrected chi connectivity index (χ4v) is 2.76. The summed E-state index contributed by atoms with van der Waals surface area (Å²) >= 11 is 5.86. The Bertz CT molecular complexity index is 840. The van der Waals surface area contributed by atoms with Crippen LogP contribution in [0.1, 0.15) is 11.6 Å². The van der Waals surface area contributed by atoms with Gasteiger partial charge in [-0.1, -0.05) is 41.9 Å². The number of likely N-dealkylation sites (N-methyl/N-ethyl adjacent to an activating group) is 1. The van der Waals surface area contributed by atoms with Crippen LogP contribution in [0.4, 0.5) is 0 Å². The number of halogens is 1. The second-order valence-corrected chi connectivity index (χ2v) is 6.49. The number of nitrogens with zero attached hydrogens (tertiary/aromatic N) is 5. The molecule has 0 spiro atoms. The van der Waals surface area contributed by atoms with Crippen LogP contribution in [0.2, 0.25) is 5.02 Å². The van der Waals surface area contributed by atoms with Crippen LogP contribution in [-0.2, 0) is 11.2 Å². The topological polar surface area (TPSA) is 73.1 Å². The molecule has 0 N–H and O–H groups in total. The highest BCUT2D eigenvalue weighted by Gasteiger charge is 2.25. The lowest BCUT2D eigenvalue weighted by Gasteiger charge is -2.23. The van der Waals surface area contributed by atoms with E-state index in [0.29, 0.717) is 30.3 Å². The van der Waals surface area contributed by atoms with Gasteiger partial charge in [0.25, 0.3) is 0 Å². The number of aromatic nitrogens is 4. The van der Waals surface area contributed by atoms with Gasteiger partial charge in [-0.15, -0.1) is 5.10 Å². The van der Waals surface area contributed by atoms with Gasteiger partial charge in [0.15, 0.2) is 0 Å². The lowest BCUT2D eigenvalue weighted by Crippen LogP contribution is -2.38. The van der Waals surface area contributed by atoms with Gasteiger partial charge in [0.1, 0.15) is 24.7 Å². The van der Waals surface area contributed by atoms with Crippen molar-refractivity contribution in [3.05, 3.63) is 71.5 Å². The molecule has 7 nitrogen and oxygen atoms in total. The molecule has 140 valence electrons. The number of rotatable bonds is 8. The SMILES string of the molecule is CN(CCOc1ccc(Cl)cc1)C(=O)[C@@H](Cc1ccccc1)n1cnnn1. The number of benzene rings is 2. The van der Waals surface area contributed by atoms with Crippen LogP contribution in [0.15, 0.2) is 60.9 Å². The third kappa shape index (κ3) is 5.27. The van der Waals surface area contributed by atoms with Crippen molar-refractivity contribution in [2.45, 2.75) is 12.5 Å². The van der Waals surface area contributed by atoms with E-state index in [9.17, 15) is 4.79 Å². The Morgan fingerprint density at radius 3 is 2.59 bits per heavy atom. The largest absolute Gasteiger partial charge is 0.492 e.